The van der Waals surface area contributed by atoms with Crippen molar-refractivity contribution >= 4 is 17.2 Å². The van der Waals surface area contributed by atoms with Gasteiger partial charge >= 0.3 is 0 Å². The molecule has 140 valence electrons. The number of ether oxygens (including phenoxy) is 1. The molecule has 2 aromatic rings. The van der Waals surface area contributed by atoms with Gasteiger partial charge in [0.1, 0.15) is 5.75 Å². The number of hydrogen-bond acceptors (Lipinski definition) is 5. The lowest BCUT2D eigenvalue weighted by molar-refractivity contribution is -0.136. The van der Waals surface area contributed by atoms with Crippen molar-refractivity contribution in [2.24, 2.45) is 0 Å². The van der Waals surface area contributed by atoms with Crippen LogP contribution < -0.4 is 4.74 Å². The van der Waals surface area contributed by atoms with Crippen LogP contribution in [0.25, 0.3) is 0 Å². The SMILES string of the molecule is COc1cccc(CN2CCN(Cc3cc(CN(C)C)cs3)CC2=O)c1. The molecule has 0 radical (unpaired) electrons. The van der Waals surface area contributed by atoms with Gasteiger partial charge < -0.3 is 14.5 Å². The number of carbonyl (C=O) groups excluding carboxylic acids is 1. The molecule has 1 amide bonds. The van der Waals surface area contributed by atoms with E-state index in [1.54, 1.807) is 18.4 Å². The van der Waals surface area contributed by atoms with Crippen molar-refractivity contribution < 1.29 is 9.53 Å². The number of rotatable bonds is 7. The third kappa shape index (κ3) is 5.06. The molecule has 0 spiro atoms. The Morgan fingerprint density at radius 3 is 2.73 bits per heavy atom. The van der Waals surface area contributed by atoms with Crippen LogP contribution in [0.4, 0.5) is 0 Å². The van der Waals surface area contributed by atoms with Gasteiger partial charge in [0.15, 0.2) is 0 Å². The van der Waals surface area contributed by atoms with Crippen molar-refractivity contribution in [2.75, 3.05) is 40.8 Å². The highest BCUT2D eigenvalue weighted by molar-refractivity contribution is 7.10. The number of benzene rings is 1. The van der Waals surface area contributed by atoms with Crippen LogP contribution in [0, 0.1) is 0 Å². The van der Waals surface area contributed by atoms with E-state index in [-0.39, 0.29) is 5.91 Å². The zero-order valence-corrected chi connectivity index (χ0v) is 16.6. The Labute approximate surface area is 159 Å². The monoisotopic (exact) mass is 373 g/mol. The topological polar surface area (TPSA) is 36.0 Å². The maximum Gasteiger partial charge on any atom is 0.237 e. The maximum absolute atomic E-state index is 12.6. The van der Waals surface area contributed by atoms with E-state index in [4.69, 9.17) is 4.74 Å². The number of amides is 1. The normalized spacial score (nSPS) is 15.7. The average molecular weight is 374 g/mol. The second kappa shape index (κ2) is 8.66. The van der Waals surface area contributed by atoms with Crippen molar-refractivity contribution in [1.82, 2.24) is 14.7 Å². The van der Waals surface area contributed by atoms with Crippen LogP contribution in [0.3, 0.4) is 0 Å². The van der Waals surface area contributed by atoms with Gasteiger partial charge in [0, 0.05) is 37.6 Å². The maximum atomic E-state index is 12.6. The van der Waals surface area contributed by atoms with Crippen molar-refractivity contribution in [2.45, 2.75) is 19.6 Å². The lowest BCUT2D eigenvalue weighted by atomic mass is 10.2. The summed E-state index contributed by atoms with van der Waals surface area (Å²) >= 11 is 1.79. The number of carbonyl (C=O) groups is 1. The Kier molecular flexibility index (Phi) is 6.29. The third-order valence-corrected chi connectivity index (χ3v) is 5.46. The van der Waals surface area contributed by atoms with E-state index in [1.165, 1.54) is 10.4 Å². The van der Waals surface area contributed by atoms with Gasteiger partial charge in [-0.2, -0.15) is 0 Å². The summed E-state index contributed by atoms with van der Waals surface area (Å²) in [5.41, 5.74) is 2.45. The molecule has 1 aliphatic heterocycles. The summed E-state index contributed by atoms with van der Waals surface area (Å²) < 4.78 is 5.27. The Morgan fingerprint density at radius 1 is 1.15 bits per heavy atom. The molecule has 0 N–H and O–H groups in total. The first-order valence-corrected chi connectivity index (χ1v) is 9.75. The highest BCUT2D eigenvalue weighted by Crippen LogP contribution is 2.20. The quantitative estimate of drug-likeness (QED) is 0.748. The molecule has 0 bridgehead atoms. The van der Waals surface area contributed by atoms with Gasteiger partial charge in [-0.1, -0.05) is 12.1 Å². The summed E-state index contributed by atoms with van der Waals surface area (Å²) in [6, 6.07) is 10.2. The van der Waals surface area contributed by atoms with Crippen LogP contribution in [-0.4, -0.2) is 61.4 Å². The minimum atomic E-state index is 0.198. The van der Waals surface area contributed by atoms with E-state index in [9.17, 15) is 4.79 Å². The molecule has 1 aromatic carbocycles. The summed E-state index contributed by atoms with van der Waals surface area (Å²) in [6.45, 7) is 4.64. The van der Waals surface area contributed by atoms with Gasteiger partial charge in [-0.05, 0) is 48.8 Å². The molecule has 1 fully saturated rings. The van der Waals surface area contributed by atoms with E-state index < -0.39 is 0 Å². The van der Waals surface area contributed by atoms with E-state index in [0.29, 0.717) is 13.1 Å². The molecule has 0 unspecified atom stereocenters. The number of piperazine rings is 1. The first kappa shape index (κ1) is 18.9. The first-order valence-electron chi connectivity index (χ1n) is 8.87. The minimum absolute atomic E-state index is 0.198. The van der Waals surface area contributed by atoms with Gasteiger partial charge in [0.2, 0.25) is 5.91 Å². The Morgan fingerprint density at radius 2 is 2.00 bits per heavy atom. The highest BCUT2D eigenvalue weighted by atomic mass is 32.1. The fourth-order valence-corrected chi connectivity index (χ4v) is 4.15. The fourth-order valence-electron chi connectivity index (χ4n) is 3.23. The molecule has 3 rings (SSSR count). The summed E-state index contributed by atoms with van der Waals surface area (Å²) in [6.07, 6.45) is 0. The molecule has 0 aliphatic carbocycles. The van der Waals surface area contributed by atoms with Crippen LogP contribution in [0.2, 0.25) is 0 Å². The van der Waals surface area contributed by atoms with Crippen LogP contribution in [0.15, 0.2) is 35.7 Å². The van der Waals surface area contributed by atoms with Gasteiger partial charge in [0.25, 0.3) is 0 Å². The zero-order chi connectivity index (χ0) is 18.5. The Hall–Kier alpha value is -1.89. The van der Waals surface area contributed by atoms with Crippen LogP contribution in [-0.2, 0) is 24.4 Å². The molecule has 2 heterocycles. The lowest BCUT2D eigenvalue weighted by Gasteiger charge is -2.34. The average Bonchev–Trinajstić information content (AvgIpc) is 3.03. The molecule has 1 saturated heterocycles. The minimum Gasteiger partial charge on any atom is -0.497 e. The fraction of sp³-hybridized carbons (Fsp3) is 0.450. The second-order valence-corrected chi connectivity index (χ2v) is 8.03. The number of methoxy groups -OCH3 is 1. The van der Waals surface area contributed by atoms with Crippen molar-refractivity contribution in [3.05, 3.63) is 51.7 Å². The molecule has 26 heavy (non-hydrogen) atoms. The molecule has 1 aromatic heterocycles. The lowest BCUT2D eigenvalue weighted by Crippen LogP contribution is -2.49. The first-order chi connectivity index (χ1) is 12.5. The van der Waals surface area contributed by atoms with Crippen molar-refractivity contribution in [1.29, 1.82) is 0 Å². The van der Waals surface area contributed by atoms with E-state index in [1.807, 2.05) is 29.2 Å². The molecular formula is C20H27N3O2S. The summed E-state index contributed by atoms with van der Waals surface area (Å²) in [4.78, 5) is 20.2. The van der Waals surface area contributed by atoms with Crippen LogP contribution in [0.1, 0.15) is 16.0 Å². The predicted octanol–water partition coefficient (Wildman–Crippen LogP) is 2.66. The zero-order valence-electron chi connectivity index (χ0n) is 15.8. The molecule has 0 atom stereocenters. The summed E-state index contributed by atoms with van der Waals surface area (Å²) in [7, 11) is 5.83. The molecule has 6 heteroatoms. The number of thiophene rings is 1. The van der Waals surface area contributed by atoms with Gasteiger partial charge in [-0.15, -0.1) is 11.3 Å². The number of nitrogens with zero attached hydrogens (tertiary/aromatic N) is 3. The van der Waals surface area contributed by atoms with Gasteiger partial charge in [-0.3, -0.25) is 9.69 Å². The molecule has 5 nitrogen and oxygen atoms in total. The Balaban J connectivity index is 1.53. The predicted molar refractivity (Wildman–Crippen MR) is 105 cm³/mol. The van der Waals surface area contributed by atoms with Crippen LogP contribution >= 0.6 is 11.3 Å². The van der Waals surface area contributed by atoms with Gasteiger partial charge in [-0.25, -0.2) is 0 Å². The Bertz CT molecular complexity index is 744. The third-order valence-electron chi connectivity index (χ3n) is 4.49. The summed E-state index contributed by atoms with van der Waals surface area (Å²) in [5.74, 6) is 1.03. The highest BCUT2D eigenvalue weighted by Gasteiger charge is 2.24. The van der Waals surface area contributed by atoms with Crippen LogP contribution in [0.5, 0.6) is 5.75 Å². The van der Waals surface area contributed by atoms with Crippen molar-refractivity contribution in [3.63, 3.8) is 0 Å². The summed E-state index contributed by atoms with van der Waals surface area (Å²) in [5, 5.41) is 2.22. The second-order valence-electron chi connectivity index (χ2n) is 7.04. The molecule has 1 aliphatic rings. The van der Waals surface area contributed by atoms with E-state index in [2.05, 4.69) is 35.3 Å². The smallest absolute Gasteiger partial charge is 0.237 e. The van der Waals surface area contributed by atoms with Gasteiger partial charge in [0.05, 0.1) is 13.7 Å². The standard InChI is InChI=1S/C20H27N3O2S/c1-21(2)11-17-10-19(26-15-17)13-22-7-8-23(20(24)14-22)12-16-5-4-6-18(9-16)25-3/h4-6,9-10,15H,7-8,11-14H2,1-3H3. The number of hydrogen-bond donors (Lipinski definition) is 0. The van der Waals surface area contributed by atoms with E-state index in [0.717, 1.165) is 37.5 Å². The molecule has 0 saturated carbocycles. The molecular weight excluding hydrogens is 346 g/mol. The van der Waals surface area contributed by atoms with Crippen molar-refractivity contribution in [3.8, 4) is 5.75 Å². The largest absolute Gasteiger partial charge is 0.497 e. The van der Waals surface area contributed by atoms with E-state index >= 15 is 0 Å².